The summed E-state index contributed by atoms with van der Waals surface area (Å²) in [6, 6.07) is 8.64. The molecule has 164 valence electrons. The van der Waals surface area contributed by atoms with E-state index in [2.05, 4.69) is 62.8 Å². The van der Waals surface area contributed by atoms with E-state index in [4.69, 9.17) is 4.74 Å². The van der Waals surface area contributed by atoms with Gasteiger partial charge in [0.05, 0.1) is 6.10 Å². The highest BCUT2D eigenvalue weighted by molar-refractivity contribution is 5.84. The van der Waals surface area contributed by atoms with Crippen molar-refractivity contribution in [2.75, 3.05) is 19.7 Å². The van der Waals surface area contributed by atoms with E-state index < -0.39 is 0 Å². The number of aryl methyl sites for hydroxylation is 1. The van der Waals surface area contributed by atoms with Crippen LogP contribution in [0.1, 0.15) is 64.4 Å². The van der Waals surface area contributed by atoms with Crippen molar-refractivity contribution in [2.24, 2.45) is 24.8 Å². The average Bonchev–Trinajstić information content (AvgIpc) is 3.09. The van der Waals surface area contributed by atoms with Crippen molar-refractivity contribution in [2.45, 2.75) is 64.9 Å². The molecule has 0 bridgehead atoms. The number of fused-ring (bicyclic) bond motifs is 1. The predicted octanol–water partition coefficient (Wildman–Crippen LogP) is 5.36. The number of nitrogens with zero attached hydrogens (tertiary/aromatic N) is 2. The van der Waals surface area contributed by atoms with Crippen molar-refractivity contribution in [3.05, 3.63) is 36.0 Å². The third-order valence-corrected chi connectivity index (χ3v) is 7.60. The largest absolute Gasteiger partial charge is 0.368 e. The fourth-order valence-corrected chi connectivity index (χ4v) is 5.71. The number of hydrogen-bond acceptors (Lipinski definition) is 2. The lowest BCUT2D eigenvalue weighted by Crippen LogP contribution is -2.42. The van der Waals surface area contributed by atoms with Crippen LogP contribution >= 0.6 is 0 Å². The molecular weight excluding hydrogens is 372 g/mol. The maximum atomic E-state index is 12.9. The Hall–Kier alpha value is -1.81. The fourth-order valence-electron chi connectivity index (χ4n) is 5.71. The molecule has 0 spiro atoms. The van der Waals surface area contributed by atoms with E-state index >= 15 is 0 Å². The number of hydrogen-bond donors (Lipinski definition) is 0. The van der Waals surface area contributed by atoms with Crippen LogP contribution < -0.4 is 0 Å². The molecule has 1 saturated heterocycles. The molecule has 4 nitrogen and oxygen atoms in total. The van der Waals surface area contributed by atoms with Crippen molar-refractivity contribution < 1.29 is 9.53 Å². The molecule has 1 aliphatic carbocycles. The lowest BCUT2D eigenvalue weighted by molar-refractivity contribution is -0.142. The molecule has 1 aromatic carbocycles. The first-order valence-corrected chi connectivity index (χ1v) is 11.9. The summed E-state index contributed by atoms with van der Waals surface area (Å²) < 4.78 is 8.45. The van der Waals surface area contributed by atoms with Gasteiger partial charge in [-0.15, -0.1) is 0 Å². The van der Waals surface area contributed by atoms with Crippen molar-refractivity contribution in [3.8, 4) is 0 Å². The second-order valence-electron chi connectivity index (χ2n) is 10.0. The van der Waals surface area contributed by atoms with Gasteiger partial charge in [0, 0.05) is 37.2 Å². The van der Waals surface area contributed by atoms with Crippen LogP contribution in [-0.4, -0.2) is 41.2 Å². The molecule has 4 heteroatoms. The number of rotatable bonds is 5. The normalized spacial score (nSPS) is 25.9. The molecule has 1 saturated carbocycles. The van der Waals surface area contributed by atoms with Crippen molar-refractivity contribution in [3.63, 3.8) is 0 Å². The minimum Gasteiger partial charge on any atom is -0.368 e. The Labute approximate surface area is 181 Å². The average molecular weight is 411 g/mol. The quantitative estimate of drug-likeness (QED) is 0.665. The van der Waals surface area contributed by atoms with Gasteiger partial charge in [-0.1, -0.05) is 45.4 Å². The van der Waals surface area contributed by atoms with Crippen molar-refractivity contribution in [1.29, 1.82) is 0 Å². The summed E-state index contributed by atoms with van der Waals surface area (Å²) in [4.78, 5) is 14.9. The molecule has 4 rings (SSSR count). The Morgan fingerprint density at radius 1 is 1.13 bits per heavy atom. The Morgan fingerprint density at radius 3 is 2.60 bits per heavy atom. The van der Waals surface area contributed by atoms with Gasteiger partial charge in [-0.25, -0.2) is 0 Å². The number of benzene rings is 1. The standard InChI is InChI=1S/C26H38N2O2/c1-18(2)21-10-9-19(3)15-25(21)30-17-26(29)28-13-11-20(12-14-28)23-16-27(4)24-8-6-5-7-22(23)24/h5-8,16,18-21,25H,9-15,17H2,1-4H3/t19-,21+,25-/m1/s1. The van der Waals surface area contributed by atoms with E-state index in [0.29, 0.717) is 23.7 Å². The lowest BCUT2D eigenvalue weighted by Gasteiger charge is -2.38. The number of ether oxygens (including phenoxy) is 1. The first-order chi connectivity index (χ1) is 14.4. The second kappa shape index (κ2) is 9.13. The van der Waals surface area contributed by atoms with Crippen LogP contribution in [0.2, 0.25) is 0 Å². The molecule has 1 amide bonds. The second-order valence-corrected chi connectivity index (χ2v) is 10.0. The third-order valence-electron chi connectivity index (χ3n) is 7.60. The first kappa shape index (κ1) is 21.4. The summed E-state index contributed by atoms with van der Waals surface area (Å²) >= 11 is 0. The highest BCUT2D eigenvalue weighted by Gasteiger charge is 2.32. The zero-order chi connectivity index (χ0) is 21.3. The van der Waals surface area contributed by atoms with Crippen LogP contribution in [0.4, 0.5) is 0 Å². The molecule has 2 aromatic rings. The number of aromatic nitrogens is 1. The van der Waals surface area contributed by atoms with Crippen LogP contribution in [0.3, 0.4) is 0 Å². The van der Waals surface area contributed by atoms with E-state index in [1.165, 1.54) is 29.3 Å². The zero-order valence-corrected chi connectivity index (χ0v) is 19.1. The van der Waals surface area contributed by atoms with Crippen molar-refractivity contribution >= 4 is 16.8 Å². The molecule has 0 radical (unpaired) electrons. The minimum absolute atomic E-state index is 0.173. The van der Waals surface area contributed by atoms with E-state index in [1.54, 1.807) is 0 Å². The summed E-state index contributed by atoms with van der Waals surface area (Å²) in [5.74, 6) is 2.62. The molecule has 30 heavy (non-hydrogen) atoms. The SMILES string of the molecule is CC(C)[C@@H]1CC[C@@H](C)C[C@H]1OCC(=O)N1CCC(c2cn(C)c3ccccc23)CC1. The number of carbonyl (C=O) groups excluding carboxylic acids is 1. The molecule has 2 fully saturated rings. The van der Waals surface area contributed by atoms with Gasteiger partial charge < -0.3 is 14.2 Å². The fraction of sp³-hybridized carbons (Fsp3) is 0.654. The maximum absolute atomic E-state index is 12.9. The lowest BCUT2D eigenvalue weighted by atomic mass is 9.75. The smallest absolute Gasteiger partial charge is 0.248 e. The Kier molecular flexibility index (Phi) is 6.52. The maximum Gasteiger partial charge on any atom is 0.248 e. The number of likely N-dealkylation sites (tertiary alicyclic amines) is 1. The summed E-state index contributed by atoms with van der Waals surface area (Å²) in [6.45, 7) is 8.82. The van der Waals surface area contributed by atoms with Crippen LogP contribution in [0.5, 0.6) is 0 Å². The number of piperidine rings is 1. The number of carbonyl (C=O) groups is 1. The summed E-state index contributed by atoms with van der Waals surface area (Å²) in [7, 11) is 2.12. The number of para-hydroxylation sites is 1. The zero-order valence-electron chi connectivity index (χ0n) is 19.1. The molecule has 1 aromatic heterocycles. The van der Waals surface area contributed by atoms with Gasteiger partial charge >= 0.3 is 0 Å². The Morgan fingerprint density at radius 2 is 1.87 bits per heavy atom. The first-order valence-electron chi connectivity index (χ1n) is 11.9. The highest BCUT2D eigenvalue weighted by atomic mass is 16.5. The van der Waals surface area contributed by atoms with Gasteiger partial charge in [0.15, 0.2) is 0 Å². The Balaban J connectivity index is 1.32. The van der Waals surface area contributed by atoms with E-state index in [9.17, 15) is 4.79 Å². The van der Waals surface area contributed by atoms with Crippen LogP contribution in [0, 0.1) is 17.8 Å². The van der Waals surface area contributed by atoms with Gasteiger partial charge in [0.2, 0.25) is 5.91 Å². The van der Waals surface area contributed by atoms with Crippen LogP contribution in [0.25, 0.3) is 10.9 Å². The van der Waals surface area contributed by atoms with E-state index in [-0.39, 0.29) is 18.6 Å². The molecule has 1 aliphatic heterocycles. The summed E-state index contributed by atoms with van der Waals surface area (Å²) in [5.41, 5.74) is 2.73. The predicted molar refractivity (Wildman–Crippen MR) is 123 cm³/mol. The van der Waals surface area contributed by atoms with Gasteiger partial charge in [0.25, 0.3) is 0 Å². The molecule has 2 aliphatic rings. The minimum atomic E-state index is 0.173. The monoisotopic (exact) mass is 410 g/mol. The topological polar surface area (TPSA) is 34.5 Å². The van der Waals surface area contributed by atoms with Gasteiger partial charge in [-0.2, -0.15) is 0 Å². The third kappa shape index (κ3) is 4.44. The summed E-state index contributed by atoms with van der Waals surface area (Å²) in [5, 5.41) is 1.36. The van der Waals surface area contributed by atoms with Crippen molar-refractivity contribution in [1.82, 2.24) is 9.47 Å². The summed E-state index contributed by atoms with van der Waals surface area (Å²) in [6.07, 6.45) is 8.22. The molecule has 2 heterocycles. The highest BCUT2D eigenvalue weighted by Crippen LogP contribution is 2.36. The molecule has 0 N–H and O–H groups in total. The Bertz CT molecular complexity index is 863. The van der Waals surface area contributed by atoms with Gasteiger partial charge in [-0.05, 0) is 61.0 Å². The molecule has 3 atom stereocenters. The van der Waals surface area contributed by atoms with E-state index in [0.717, 1.165) is 32.4 Å². The number of amides is 1. The van der Waals surface area contributed by atoms with Gasteiger partial charge in [-0.3, -0.25) is 4.79 Å². The molecule has 0 unspecified atom stereocenters. The van der Waals surface area contributed by atoms with Gasteiger partial charge in [0.1, 0.15) is 6.61 Å². The van der Waals surface area contributed by atoms with E-state index in [1.807, 2.05) is 4.90 Å². The van der Waals surface area contributed by atoms with Crippen LogP contribution in [0.15, 0.2) is 30.5 Å². The van der Waals surface area contributed by atoms with Crippen LogP contribution in [-0.2, 0) is 16.6 Å². The molecular formula is C26H38N2O2.